The Hall–Kier alpha value is -1.99. The van der Waals surface area contributed by atoms with Crippen LogP contribution < -0.4 is 4.72 Å². The fourth-order valence-corrected chi connectivity index (χ4v) is 2.92. The molecule has 0 saturated heterocycles. The van der Waals surface area contributed by atoms with Crippen LogP contribution in [0, 0.1) is 6.92 Å². The zero-order chi connectivity index (χ0) is 14.6. The second kappa shape index (κ2) is 5.98. The van der Waals surface area contributed by atoms with Gasteiger partial charge in [-0.25, -0.2) is 18.1 Å². The maximum absolute atomic E-state index is 11.8. The Labute approximate surface area is 121 Å². The number of thiazole rings is 1. The van der Waals surface area contributed by atoms with Gasteiger partial charge >= 0.3 is 0 Å². The second-order valence-corrected chi connectivity index (χ2v) is 6.73. The van der Waals surface area contributed by atoms with Crippen molar-refractivity contribution in [3.63, 3.8) is 0 Å². The molecule has 0 unspecified atom stereocenters. The predicted octanol–water partition coefficient (Wildman–Crippen LogP) is 2.18. The van der Waals surface area contributed by atoms with E-state index in [1.165, 1.54) is 12.3 Å². The number of aryl methyl sites for hydroxylation is 1. The number of hydrogen-bond acceptors (Lipinski definition) is 5. The summed E-state index contributed by atoms with van der Waals surface area (Å²) in [5.74, 6) is -0.673. The van der Waals surface area contributed by atoms with Crippen LogP contribution in [0.15, 0.2) is 41.9 Å². The summed E-state index contributed by atoms with van der Waals surface area (Å²) >= 11 is 1.14. The molecule has 2 rings (SSSR count). The number of amides is 1. The van der Waals surface area contributed by atoms with Gasteiger partial charge in [0.15, 0.2) is 0 Å². The summed E-state index contributed by atoms with van der Waals surface area (Å²) in [7, 11) is -3.82. The molecule has 0 aliphatic rings. The van der Waals surface area contributed by atoms with Crippen LogP contribution in [0.25, 0.3) is 6.08 Å². The van der Waals surface area contributed by atoms with Crippen LogP contribution in [0.1, 0.15) is 20.2 Å². The molecule has 0 radical (unpaired) electrons. The van der Waals surface area contributed by atoms with Crippen molar-refractivity contribution in [3.05, 3.63) is 57.4 Å². The fraction of sp³-hybridized carbons (Fsp3) is 0.0769. The SMILES string of the molecule is Cc1ncc(C(=O)NS(=O)(=O)/C=C/c2ccccc2)s1. The van der Waals surface area contributed by atoms with Gasteiger partial charge in [-0.15, -0.1) is 11.3 Å². The summed E-state index contributed by atoms with van der Waals surface area (Å²) < 4.78 is 25.5. The number of rotatable bonds is 4. The van der Waals surface area contributed by atoms with Gasteiger partial charge in [0.05, 0.1) is 16.6 Å². The van der Waals surface area contributed by atoms with E-state index in [2.05, 4.69) is 4.98 Å². The molecule has 0 atom stereocenters. The van der Waals surface area contributed by atoms with Crippen molar-refractivity contribution in [3.8, 4) is 0 Å². The zero-order valence-electron chi connectivity index (χ0n) is 10.6. The lowest BCUT2D eigenvalue weighted by Gasteiger charge is -2.00. The standard InChI is InChI=1S/C13H12N2O3S2/c1-10-14-9-12(19-10)13(16)15-20(17,18)8-7-11-5-3-2-4-6-11/h2-9H,1H3,(H,15,16)/b8-7+. The van der Waals surface area contributed by atoms with E-state index in [9.17, 15) is 13.2 Å². The second-order valence-electron chi connectivity index (χ2n) is 3.93. The maximum atomic E-state index is 11.8. The van der Waals surface area contributed by atoms with Gasteiger partial charge in [-0.2, -0.15) is 0 Å². The van der Waals surface area contributed by atoms with Crippen molar-refractivity contribution in [2.24, 2.45) is 0 Å². The highest BCUT2D eigenvalue weighted by Gasteiger charge is 2.15. The van der Waals surface area contributed by atoms with Gasteiger partial charge in [0.2, 0.25) is 0 Å². The molecule has 5 nitrogen and oxygen atoms in total. The third-order valence-electron chi connectivity index (χ3n) is 2.32. The molecule has 0 saturated carbocycles. The van der Waals surface area contributed by atoms with Crippen LogP contribution in [0.2, 0.25) is 0 Å². The summed E-state index contributed by atoms with van der Waals surface area (Å²) in [6.07, 6.45) is 2.78. The van der Waals surface area contributed by atoms with Gasteiger partial charge in [0.25, 0.3) is 15.9 Å². The minimum absolute atomic E-state index is 0.263. The molecule has 104 valence electrons. The highest BCUT2D eigenvalue weighted by Crippen LogP contribution is 2.11. The first kappa shape index (κ1) is 14.4. The number of carbonyl (C=O) groups excluding carboxylic acids is 1. The molecule has 0 aliphatic carbocycles. The Bertz CT molecular complexity index is 734. The Morgan fingerprint density at radius 2 is 2.00 bits per heavy atom. The quantitative estimate of drug-likeness (QED) is 0.939. The van der Waals surface area contributed by atoms with Crippen LogP contribution in [0.5, 0.6) is 0 Å². The van der Waals surface area contributed by atoms with Gasteiger partial charge in [0, 0.05) is 0 Å². The van der Waals surface area contributed by atoms with E-state index in [4.69, 9.17) is 0 Å². The van der Waals surface area contributed by atoms with Gasteiger partial charge in [-0.3, -0.25) is 4.79 Å². The molecule has 1 heterocycles. The summed E-state index contributed by atoms with van der Waals surface area (Å²) in [6.45, 7) is 1.74. The van der Waals surface area contributed by atoms with E-state index in [-0.39, 0.29) is 4.88 Å². The number of benzene rings is 1. The molecule has 1 N–H and O–H groups in total. The minimum atomic E-state index is -3.82. The highest BCUT2D eigenvalue weighted by molar-refractivity contribution is 7.93. The van der Waals surface area contributed by atoms with E-state index in [1.807, 2.05) is 10.8 Å². The van der Waals surface area contributed by atoms with Crippen LogP contribution in [0.3, 0.4) is 0 Å². The Morgan fingerprint density at radius 1 is 1.30 bits per heavy atom. The third-order valence-corrected chi connectivity index (χ3v) is 4.20. The molecule has 1 amide bonds. The average molecular weight is 308 g/mol. The smallest absolute Gasteiger partial charge is 0.267 e. The molecular formula is C13H12N2O3S2. The first-order valence-corrected chi connectivity index (χ1v) is 8.05. The molecule has 1 aromatic carbocycles. The van der Waals surface area contributed by atoms with Crippen molar-refractivity contribution >= 4 is 33.3 Å². The van der Waals surface area contributed by atoms with Crippen LogP contribution in [-0.2, 0) is 10.0 Å². The van der Waals surface area contributed by atoms with Crippen molar-refractivity contribution in [2.45, 2.75) is 6.92 Å². The number of hydrogen-bond donors (Lipinski definition) is 1. The third kappa shape index (κ3) is 4.01. The first-order chi connectivity index (χ1) is 9.46. The molecule has 0 bridgehead atoms. The van der Waals surface area contributed by atoms with Gasteiger partial charge in [-0.1, -0.05) is 30.3 Å². The summed E-state index contributed by atoms with van der Waals surface area (Å²) in [6, 6.07) is 8.95. The van der Waals surface area contributed by atoms with E-state index < -0.39 is 15.9 Å². The van der Waals surface area contributed by atoms with Gasteiger partial charge < -0.3 is 0 Å². The van der Waals surface area contributed by atoms with Crippen LogP contribution in [0.4, 0.5) is 0 Å². The van der Waals surface area contributed by atoms with Crippen molar-refractivity contribution in [1.82, 2.24) is 9.71 Å². The van der Waals surface area contributed by atoms with Crippen molar-refractivity contribution in [1.29, 1.82) is 0 Å². The lowest BCUT2D eigenvalue weighted by Crippen LogP contribution is -2.28. The lowest BCUT2D eigenvalue weighted by atomic mass is 10.2. The highest BCUT2D eigenvalue weighted by atomic mass is 32.2. The van der Waals surface area contributed by atoms with Crippen molar-refractivity contribution < 1.29 is 13.2 Å². The van der Waals surface area contributed by atoms with Gasteiger partial charge in [0.1, 0.15) is 4.88 Å². The number of sulfonamides is 1. The largest absolute Gasteiger partial charge is 0.276 e. The molecule has 2 aromatic rings. The Kier molecular flexibility index (Phi) is 4.31. The molecule has 0 fully saturated rings. The summed E-state index contributed by atoms with van der Waals surface area (Å²) in [5, 5.41) is 1.67. The fourth-order valence-electron chi connectivity index (χ4n) is 1.41. The van der Waals surface area contributed by atoms with E-state index in [1.54, 1.807) is 31.2 Å². The molecule has 7 heteroatoms. The van der Waals surface area contributed by atoms with E-state index in [0.29, 0.717) is 5.01 Å². The maximum Gasteiger partial charge on any atom is 0.276 e. The Morgan fingerprint density at radius 3 is 2.60 bits per heavy atom. The minimum Gasteiger partial charge on any atom is -0.267 e. The zero-order valence-corrected chi connectivity index (χ0v) is 12.2. The molecule has 1 aromatic heterocycles. The summed E-state index contributed by atoms with van der Waals surface area (Å²) in [4.78, 5) is 15.9. The molecular weight excluding hydrogens is 296 g/mol. The lowest BCUT2D eigenvalue weighted by molar-refractivity contribution is 0.0985. The molecule has 0 aliphatic heterocycles. The average Bonchev–Trinajstić information content (AvgIpc) is 2.84. The monoisotopic (exact) mass is 308 g/mol. The number of nitrogens with zero attached hydrogens (tertiary/aromatic N) is 1. The van der Waals surface area contributed by atoms with E-state index in [0.717, 1.165) is 22.3 Å². The normalized spacial score (nSPS) is 11.7. The van der Waals surface area contributed by atoms with E-state index >= 15 is 0 Å². The Balaban J connectivity index is 2.08. The predicted molar refractivity (Wildman–Crippen MR) is 78.7 cm³/mol. The first-order valence-electron chi connectivity index (χ1n) is 5.69. The molecule has 0 spiro atoms. The molecule has 20 heavy (non-hydrogen) atoms. The number of carbonyl (C=O) groups is 1. The summed E-state index contributed by atoms with van der Waals surface area (Å²) in [5.41, 5.74) is 0.735. The van der Waals surface area contributed by atoms with Crippen LogP contribution in [-0.4, -0.2) is 19.3 Å². The van der Waals surface area contributed by atoms with Crippen LogP contribution >= 0.6 is 11.3 Å². The van der Waals surface area contributed by atoms with Crippen molar-refractivity contribution in [2.75, 3.05) is 0 Å². The van der Waals surface area contributed by atoms with Gasteiger partial charge in [-0.05, 0) is 18.6 Å². The number of nitrogens with one attached hydrogen (secondary N) is 1. The topological polar surface area (TPSA) is 76.1 Å². The number of aromatic nitrogens is 1.